The highest BCUT2D eigenvalue weighted by molar-refractivity contribution is 6.20. The van der Waals surface area contributed by atoms with Crippen molar-refractivity contribution in [3.05, 3.63) is 18.0 Å². The van der Waals surface area contributed by atoms with Crippen LogP contribution in [0.4, 0.5) is 0 Å². The van der Waals surface area contributed by atoms with Crippen LogP contribution in [0.3, 0.4) is 0 Å². The van der Waals surface area contributed by atoms with Gasteiger partial charge in [-0.15, -0.1) is 11.6 Å². The molecule has 0 radical (unpaired) electrons. The van der Waals surface area contributed by atoms with Crippen LogP contribution in [0.1, 0.15) is 25.3 Å². The molecule has 0 amide bonds. The molecule has 0 bridgehead atoms. The van der Waals surface area contributed by atoms with Gasteiger partial charge in [0, 0.05) is 18.6 Å². The molecule has 2 rings (SSSR count). The molecule has 1 saturated carbocycles. The lowest BCUT2D eigenvalue weighted by molar-refractivity contribution is 0.420. The van der Waals surface area contributed by atoms with E-state index in [0.717, 1.165) is 12.3 Å². The van der Waals surface area contributed by atoms with E-state index in [0.29, 0.717) is 11.3 Å². The van der Waals surface area contributed by atoms with Crippen molar-refractivity contribution in [2.45, 2.75) is 31.6 Å². The van der Waals surface area contributed by atoms with Crippen LogP contribution in [-0.2, 0) is 13.5 Å². The highest BCUT2D eigenvalue weighted by Crippen LogP contribution is 2.37. The molecule has 2 nitrogen and oxygen atoms in total. The molecule has 78 valence electrons. The third-order valence-corrected chi connectivity index (χ3v) is 4.00. The summed E-state index contributed by atoms with van der Waals surface area (Å²) in [4.78, 5) is 0. The Morgan fingerprint density at radius 2 is 2.36 bits per heavy atom. The number of aryl methyl sites for hydroxylation is 1. The Labute approximate surface area is 90.3 Å². The van der Waals surface area contributed by atoms with Gasteiger partial charge in [-0.2, -0.15) is 5.10 Å². The second-order valence-electron chi connectivity index (χ2n) is 4.44. The van der Waals surface area contributed by atoms with Gasteiger partial charge in [-0.3, -0.25) is 4.68 Å². The number of hydrogen-bond acceptors (Lipinski definition) is 1. The second kappa shape index (κ2) is 3.93. The van der Waals surface area contributed by atoms with Crippen molar-refractivity contribution in [2.24, 2.45) is 18.9 Å². The number of alkyl halides is 1. The van der Waals surface area contributed by atoms with E-state index in [-0.39, 0.29) is 0 Å². The summed E-state index contributed by atoms with van der Waals surface area (Å²) in [7, 11) is 1.96. The molecule has 1 aliphatic rings. The SMILES string of the molecule is CC1C(Cl)CCC1Cc1cnn(C)c1. The maximum atomic E-state index is 6.21. The highest BCUT2D eigenvalue weighted by Gasteiger charge is 2.31. The molecule has 0 aromatic carbocycles. The molecule has 0 aliphatic heterocycles. The van der Waals surface area contributed by atoms with Crippen LogP contribution in [0.2, 0.25) is 0 Å². The summed E-state index contributed by atoms with van der Waals surface area (Å²) in [5, 5.41) is 4.57. The quantitative estimate of drug-likeness (QED) is 0.690. The van der Waals surface area contributed by atoms with Crippen molar-refractivity contribution in [2.75, 3.05) is 0 Å². The maximum absolute atomic E-state index is 6.21. The smallest absolute Gasteiger partial charge is 0.0521 e. The predicted octanol–water partition coefficient (Wildman–Crippen LogP) is 2.62. The van der Waals surface area contributed by atoms with Gasteiger partial charge in [-0.05, 0) is 36.7 Å². The fraction of sp³-hybridized carbons (Fsp3) is 0.727. The van der Waals surface area contributed by atoms with Gasteiger partial charge < -0.3 is 0 Å². The largest absolute Gasteiger partial charge is 0.276 e. The minimum Gasteiger partial charge on any atom is -0.276 e. The van der Waals surface area contributed by atoms with Gasteiger partial charge in [-0.1, -0.05) is 6.92 Å². The first kappa shape index (κ1) is 10.0. The molecule has 1 aromatic rings. The fourth-order valence-electron chi connectivity index (χ4n) is 2.36. The van der Waals surface area contributed by atoms with Gasteiger partial charge in [0.15, 0.2) is 0 Å². The Kier molecular flexibility index (Phi) is 2.82. The van der Waals surface area contributed by atoms with E-state index in [1.807, 2.05) is 17.9 Å². The third kappa shape index (κ3) is 1.95. The Morgan fingerprint density at radius 3 is 2.86 bits per heavy atom. The van der Waals surface area contributed by atoms with Gasteiger partial charge in [0.1, 0.15) is 0 Å². The summed E-state index contributed by atoms with van der Waals surface area (Å²) in [6, 6.07) is 0. The first-order chi connectivity index (χ1) is 6.66. The molecule has 1 aromatic heterocycles. The monoisotopic (exact) mass is 212 g/mol. The van der Waals surface area contributed by atoms with Crippen molar-refractivity contribution in [3.63, 3.8) is 0 Å². The summed E-state index contributed by atoms with van der Waals surface area (Å²) in [5.74, 6) is 1.40. The number of aromatic nitrogens is 2. The number of halogens is 1. The standard InChI is InChI=1S/C11H17ClN2/c1-8-10(3-4-11(8)12)5-9-6-13-14(2)7-9/h6-8,10-11H,3-5H2,1-2H3. The maximum Gasteiger partial charge on any atom is 0.0521 e. The van der Waals surface area contributed by atoms with E-state index in [1.165, 1.54) is 18.4 Å². The van der Waals surface area contributed by atoms with E-state index in [2.05, 4.69) is 18.2 Å². The third-order valence-electron chi connectivity index (χ3n) is 3.38. The average molecular weight is 213 g/mol. The highest BCUT2D eigenvalue weighted by atomic mass is 35.5. The molecule has 0 saturated heterocycles. The van der Waals surface area contributed by atoms with Gasteiger partial charge in [-0.25, -0.2) is 0 Å². The van der Waals surface area contributed by atoms with Crippen molar-refractivity contribution in [3.8, 4) is 0 Å². The predicted molar refractivity (Wildman–Crippen MR) is 58.4 cm³/mol. The summed E-state index contributed by atoms with van der Waals surface area (Å²) >= 11 is 6.21. The van der Waals surface area contributed by atoms with Crippen LogP contribution in [0.5, 0.6) is 0 Å². The van der Waals surface area contributed by atoms with Crippen molar-refractivity contribution in [1.29, 1.82) is 0 Å². The van der Waals surface area contributed by atoms with Gasteiger partial charge in [0.05, 0.1) is 6.20 Å². The Balaban J connectivity index is 1.98. The molecule has 0 spiro atoms. The molecule has 0 N–H and O–H groups in total. The fourth-order valence-corrected chi connectivity index (χ4v) is 2.69. The normalized spacial score (nSPS) is 32.4. The van der Waals surface area contributed by atoms with E-state index < -0.39 is 0 Å². The summed E-state index contributed by atoms with van der Waals surface area (Å²) in [6.45, 7) is 2.27. The lowest BCUT2D eigenvalue weighted by Gasteiger charge is -2.15. The Bertz CT molecular complexity index is 308. The first-order valence-electron chi connectivity index (χ1n) is 5.28. The summed E-state index contributed by atoms with van der Waals surface area (Å²) in [5.41, 5.74) is 1.34. The zero-order valence-corrected chi connectivity index (χ0v) is 9.54. The van der Waals surface area contributed by atoms with Crippen LogP contribution < -0.4 is 0 Å². The van der Waals surface area contributed by atoms with Crippen molar-refractivity contribution < 1.29 is 0 Å². The zero-order chi connectivity index (χ0) is 10.1. The first-order valence-corrected chi connectivity index (χ1v) is 5.72. The molecule has 3 heteroatoms. The molecule has 14 heavy (non-hydrogen) atoms. The summed E-state index contributed by atoms with van der Waals surface area (Å²) < 4.78 is 1.87. The minimum atomic E-state index is 0.386. The topological polar surface area (TPSA) is 17.8 Å². The molecule has 3 atom stereocenters. The van der Waals surface area contributed by atoms with Crippen molar-refractivity contribution in [1.82, 2.24) is 9.78 Å². The summed E-state index contributed by atoms with van der Waals surface area (Å²) in [6.07, 6.45) is 7.65. The second-order valence-corrected chi connectivity index (χ2v) is 5.00. The van der Waals surface area contributed by atoms with Gasteiger partial charge in [0.2, 0.25) is 0 Å². The Hall–Kier alpha value is -0.500. The van der Waals surface area contributed by atoms with Crippen LogP contribution in [0.25, 0.3) is 0 Å². The average Bonchev–Trinajstić information content (AvgIpc) is 2.67. The lowest BCUT2D eigenvalue weighted by atomic mass is 9.92. The zero-order valence-electron chi connectivity index (χ0n) is 8.78. The van der Waals surface area contributed by atoms with Crippen LogP contribution in [0, 0.1) is 11.8 Å². The van der Waals surface area contributed by atoms with Crippen molar-refractivity contribution >= 4 is 11.6 Å². The van der Waals surface area contributed by atoms with E-state index in [9.17, 15) is 0 Å². The molecule has 1 heterocycles. The molecule has 1 aliphatic carbocycles. The minimum absolute atomic E-state index is 0.386. The van der Waals surface area contributed by atoms with Gasteiger partial charge >= 0.3 is 0 Å². The van der Waals surface area contributed by atoms with Gasteiger partial charge in [0.25, 0.3) is 0 Å². The number of hydrogen-bond donors (Lipinski definition) is 0. The number of nitrogens with zero attached hydrogens (tertiary/aromatic N) is 2. The molecular weight excluding hydrogens is 196 g/mol. The van der Waals surface area contributed by atoms with E-state index in [4.69, 9.17) is 11.6 Å². The number of rotatable bonds is 2. The van der Waals surface area contributed by atoms with Crippen LogP contribution in [0.15, 0.2) is 12.4 Å². The van der Waals surface area contributed by atoms with E-state index >= 15 is 0 Å². The van der Waals surface area contributed by atoms with E-state index in [1.54, 1.807) is 0 Å². The Morgan fingerprint density at radius 1 is 1.57 bits per heavy atom. The molecular formula is C11H17ClN2. The van der Waals surface area contributed by atoms with Crippen LogP contribution >= 0.6 is 11.6 Å². The lowest BCUT2D eigenvalue weighted by Crippen LogP contribution is -2.12. The molecule has 1 fully saturated rings. The van der Waals surface area contributed by atoms with Crippen LogP contribution in [-0.4, -0.2) is 15.2 Å². The molecule has 3 unspecified atom stereocenters.